The van der Waals surface area contributed by atoms with E-state index in [2.05, 4.69) is 4.90 Å². The molecular weight excluding hydrogens is 426 g/mol. The molecule has 0 saturated carbocycles. The molecule has 0 radical (unpaired) electrons. The van der Waals surface area contributed by atoms with Crippen LogP contribution >= 0.6 is 34.7 Å². The number of hydrogen-bond acceptors (Lipinski definition) is 6. The van der Waals surface area contributed by atoms with Gasteiger partial charge in [0.1, 0.15) is 0 Å². The molecule has 1 fully saturated rings. The van der Waals surface area contributed by atoms with Gasteiger partial charge in [0.15, 0.2) is 5.13 Å². The average molecular weight is 448 g/mol. The van der Waals surface area contributed by atoms with Gasteiger partial charge in [0.2, 0.25) is 0 Å². The second kappa shape index (κ2) is 9.45. The van der Waals surface area contributed by atoms with Gasteiger partial charge >= 0.3 is 0 Å². The quantitative estimate of drug-likeness (QED) is 0.514. The molecule has 1 saturated heterocycles. The van der Waals surface area contributed by atoms with Crippen molar-refractivity contribution in [3.8, 4) is 0 Å². The molecule has 0 spiro atoms. The minimum atomic E-state index is -0.0200. The third-order valence-corrected chi connectivity index (χ3v) is 6.97. The Kier molecular flexibility index (Phi) is 6.72. The first kappa shape index (κ1) is 20.6. The van der Waals surface area contributed by atoms with Crippen LogP contribution < -0.4 is 4.90 Å². The number of rotatable bonds is 6. The van der Waals surface area contributed by atoms with Crippen molar-refractivity contribution in [1.82, 2.24) is 9.88 Å². The van der Waals surface area contributed by atoms with Gasteiger partial charge in [-0.25, -0.2) is 4.98 Å². The van der Waals surface area contributed by atoms with Crippen LogP contribution in [0.5, 0.6) is 0 Å². The Morgan fingerprint density at radius 3 is 2.86 bits per heavy atom. The first-order chi connectivity index (χ1) is 14.2. The van der Waals surface area contributed by atoms with Crippen molar-refractivity contribution < 1.29 is 9.53 Å². The Hall–Kier alpha value is -1.64. The molecule has 0 aliphatic carbocycles. The molecule has 2 heterocycles. The van der Waals surface area contributed by atoms with E-state index in [4.69, 9.17) is 21.3 Å². The van der Waals surface area contributed by atoms with Gasteiger partial charge in [-0.05, 0) is 36.6 Å². The molecular formula is C21H22ClN3O2S2. The Labute approximate surface area is 183 Å². The molecule has 29 heavy (non-hydrogen) atoms. The van der Waals surface area contributed by atoms with Gasteiger partial charge in [0.05, 0.1) is 29.0 Å². The number of benzene rings is 2. The van der Waals surface area contributed by atoms with Crippen molar-refractivity contribution >= 4 is 56.0 Å². The zero-order valence-electron chi connectivity index (χ0n) is 16.1. The van der Waals surface area contributed by atoms with E-state index in [1.54, 1.807) is 11.8 Å². The first-order valence-corrected chi connectivity index (χ1v) is 11.9. The third-order valence-electron chi connectivity index (χ3n) is 4.90. The van der Waals surface area contributed by atoms with Crippen LogP contribution in [-0.2, 0) is 4.74 Å². The Morgan fingerprint density at radius 2 is 2.07 bits per heavy atom. The Bertz CT molecular complexity index is 1000. The van der Waals surface area contributed by atoms with Crippen LogP contribution in [0.4, 0.5) is 5.13 Å². The summed E-state index contributed by atoms with van der Waals surface area (Å²) in [7, 11) is 0. The van der Waals surface area contributed by atoms with E-state index >= 15 is 0 Å². The van der Waals surface area contributed by atoms with Crippen molar-refractivity contribution in [3.05, 3.63) is 53.1 Å². The summed E-state index contributed by atoms with van der Waals surface area (Å²) in [5.74, 6) is -0.0200. The summed E-state index contributed by atoms with van der Waals surface area (Å²) in [6.07, 6.45) is 1.99. The summed E-state index contributed by atoms with van der Waals surface area (Å²) in [5.41, 5.74) is 1.57. The maximum atomic E-state index is 13.6. The predicted octanol–water partition coefficient (Wildman–Crippen LogP) is 4.65. The maximum Gasteiger partial charge on any atom is 0.261 e. The number of fused-ring (bicyclic) bond motifs is 1. The SMILES string of the molecule is CSc1ccccc1C(=O)N(CCN1CCOCC1)c1nc2ccc(Cl)cc2s1. The number of hydrogen-bond donors (Lipinski definition) is 0. The second-order valence-electron chi connectivity index (χ2n) is 6.72. The Balaban J connectivity index is 1.66. The minimum Gasteiger partial charge on any atom is -0.379 e. The van der Waals surface area contributed by atoms with Gasteiger partial charge in [-0.2, -0.15) is 0 Å². The highest BCUT2D eigenvalue weighted by Gasteiger charge is 2.24. The molecule has 152 valence electrons. The average Bonchev–Trinajstić information content (AvgIpc) is 3.17. The van der Waals surface area contributed by atoms with Crippen molar-refractivity contribution in [2.75, 3.05) is 50.5 Å². The smallest absolute Gasteiger partial charge is 0.261 e. The van der Waals surface area contributed by atoms with Gasteiger partial charge in [0, 0.05) is 36.1 Å². The van der Waals surface area contributed by atoms with Crippen LogP contribution in [0, 0.1) is 0 Å². The molecule has 0 N–H and O–H groups in total. The monoisotopic (exact) mass is 447 g/mol. The summed E-state index contributed by atoms with van der Waals surface area (Å²) in [5, 5.41) is 1.38. The van der Waals surface area contributed by atoms with Crippen LogP contribution in [-0.4, -0.2) is 61.4 Å². The predicted molar refractivity (Wildman–Crippen MR) is 122 cm³/mol. The minimum absolute atomic E-state index is 0.0200. The van der Waals surface area contributed by atoms with E-state index in [1.807, 2.05) is 53.6 Å². The molecule has 1 aliphatic rings. The van der Waals surface area contributed by atoms with E-state index in [-0.39, 0.29) is 5.91 Å². The topological polar surface area (TPSA) is 45.7 Å². The fraction of sp³-hybridized carbons (Fsp3) is 0.333. The normalized spacial score (nSPS) is 15.0. The summed E-state index contributed by atoms with van der Waals surface area (Å²) in [4.78, 5) is 23.4. The van der Waals surface area contributed by atoms with Crippen molar-refractivity contribution in [2.24, 2.45) is 0 Å². The van der Waals surface area contributed by atoms with E-state index in [0.29, 0.717) is 22.3 Å². The van der Waals surface area contributed by atoms with E-state index < -0.39 is 0 Å². The first-order valence-electron chi connectivity index (χ1n) is 9.47. The molecule has 3 aromatic rings. The molecule has 8 heteroatoms. The fourth-order valence-electron chi connectivity index (χ4n) is 3.32. The van der Waals surface area contributed by atoms with Gasteiger partial charge < -0.3 is 4.74 Å². The van der Waals surface area contributed by atoms with Gasteiger partial charge in [-0.3, -0.25) is 14.6 Å². The van der Waals surface area contributed by atoms with Gasteiger partial charge in [-0.15, -0.1) is 11.8 Å². The number of ether oxygens (including phenoxy) is 1. The molecule has 0 bridgehead atoms. The third kappa shape index (κ3) is 4.75. The lowest BCUT2D eigenvalue weighted by Gasteiger charge is -2.29. The molecule has 1 aliphatic heterocycles. The standard InChI is InChI=1S/C21H22ClN3O2S2/c1-28-18-5-3-2-4-16(18)20(26)25(9-8-24-10-12-27-13-11-24)21-23-17-7-6-15(22)14-19(17)29-21/h2-7,14H,8-13H2,1H3. The zero-order chi connectivity index (χ0) is 20.2. The number of halogens is 1. The highest BCUT2D eigenvalue weighted by molar-refractivity contribution is 7.98. The second-order valence-corrected chi connectivity index (χ2v) is 9.01. The number of morpholine rings is 1. The largest absolute Gasteiger partial charge is 0.379 e. The van der Waals surface area contributed by atoms with Gasteiger partial charge in [-0.1, -0.05) is 35.1 Å². The number of thioether (sulfide) groups is 1. The number of amides is 1. The van der Waals surface area contributed by atoms with Crippen molar-refractivity contribution in [3.63, 3.8) is 0 Å². The fourth-order valence-corrected chi connectivity index (χ4v) is 5.17. The van der Waals surface area contributed by atoms with Crippen LogP contribution in [0.15, 0.2) is 47.4 Å². The molecule has 5 nitrogen and oxygen atoms in total. The number of carbonyl (C=O) groups excluding carboxylic acids is 1. The number of anilines is 1. The summed E-state index contributed by atoms with van der Waals surface area (Å²) >= 11 is 9.23. The number of aromatic nitrogens is 1. The number of carbonyl (C=O) groups is 1. The lowest BCUT2D eigenvalue weighted by Crippen LogP contribution is -2.43. The molecule has 0 unspecified atom stereocenters. The van der Waals surface area contributed by atoms with Crippen LogP contribution in [0.2, 0.25) is 5.02 Å². The van der Waals surface area contributed by atoms with Crippen LogP contribution in [0.25, 0.3) is 10.2 Å². The van der Waals surface area contributed by atoms with E-state index in [9.17, 15) is 4.79 Å². The molecule has 0 atom stereocenters. The molecule has 1 amide bonds. The highest BCUT2D eigenvalue weighted by atomic mass is 35.5. The number of thiazole rings is 1. The molecule has 1 aromatic heterocycles. The van der Waals surface area contributed by atoms with Crippen LogP contribution in [0.3, 0.4) is 0 Å². The molecule has 4 rings (SSSR count). The van der Waals surface area contributed by atoms with Crippen LogP contribution in [0.1, 0.15) is 10.4 Å². The molecule has 2 aromatic carbocycles. The van der Waals surface area contributed by atoms with Crippen molar-refractivity contribution in [2.45, 2.75) is 4.90 Å². The van der Waals surface area contributed by atoms with Gasteiger partial charge in [0.25, 0.3) is 5.91 Å². The number of nitrogens with zero attached hydrogens (tertiary/aromatic N) is 3. The lowest BCUT2D eigenvalue weighted by molar-refractivity contribution is 0.0391. The van der Waals surface area contributed by atoms with E-state index in [0.717, 1.165) is 48.0 Å². The Morgan fingerprint density at radius 1 is 1.28 bits per heavy atom. The highest BCUT2D eigenvalue weighted by Crippen LogP contribution is 2.32. The van der Waals surface area contributed by atoms with E-state index in [1.165, 1.54) is 11.3 Å². The summed E-state index contributed by atoms with van der Waals surface area (Å²) in [6, 6.07) is 13.4. The zero-order valence-corrected chi connectivity index (χ0v) is 18.5. The lowest BCUT2D eigenvalue weighted by atomic mass is 10.2. The summed E-state index contributed by atoms with van der Waals surface area (Å²) in [6.45, 7) is 4.62. The maximum absolute atomic E-state index is 13.6. The van der Waals surface area contributed by atoms with Crippen molar-refractivity contribution in [1.29, 1.82) is 0 Å². The summed E-state index contributed by atoms with van der Waals surface area (Å²) < 4.78 is 6.42.